The molecule has 5 heteroatoms. The van der Waals surface area contributed by atoms with Crippen molar-refractivity contribution in [3.8, 4) is 0 Å². The summed E-state index contributed by atoms with van der Waals surface area (Å²) >= 11 is 0. The van der Waals surface area contributed by atoms with Crippen LogP contribution in [-0.4, -0.2) is 19.8 Å². The molecule has 1 nitrogen and oxygen atoms in total. The van der Waals surface area contributed by atoms with Gasteiger partial charge in [-0.2, -0.15) is 13.2 Å². The number of alkyl halides is 3. The van der Waals surface area contributed by atoms with Crippen LogP contribution in [0.5, 0.6) is 0 Å². The van der Waals surface area contributed by atoms with Crippen molar-refractivity contribution in [1.29, 1.82) is 0 Å². The van der Waals surface area contributed by atoms with E-state index in [0.29, 0.717) is 5.46 Å². The van der Waals surface area contributed by atoms with Crippen molar-refractivity contribution in [3.63, 3.8) is 0 Å². The van der Waals surface area contributed by atoms with Crippen LogP contribution in [0.2, 0.25) is 0 Å². The van der Waals surface area contributed by atoms with E-state index in [1.165, 1.54) is 12.1 Å². The van der Waals surface area contributed by atoms with Crippen LogP contribution in [0.15, 0.2) is 24.3 Å². The maximum atomic E-state index is 11.9. The lowest BCUT2D eigenvalue weighted by molar-refractivity contribution is -0.0885. The molecule has 0 aromatic heterocycles. The molecule has 0 aliphatic heterocycles. The average molecular weight is 184 g/mol. The van der Waals surface area contributed by atoms with Gasteiger partial charge in [0, 0.05) is 5.56 Å². The monoisotopic (exact) mass is 184 g/mol. The number of hydrogen-bond acceptors (Lipinski definition) is 1. The minimum absolute atomic E-state index is 0.318. The number of benzene rings is 1. The molecule has 0 amide bonds. The van der Waals surface area contributed by atoms with Crippen molar-refractivity contribution in [2.24, 2.45) is 0 Å². The second kappa shape index (κ2) is 3.24. The molecule has 66 valence electrons. The minimum Gasteiger partial charge on any atom is -0.284 e. The predicted octanol–water partition coefficient (Wildman–Crippen LogP) is 1.23. The van der Waals surface area contributed by atoms with Crippen LogP contribution in [0.1, 0.15) is 10.4 Å². The van der Waals surface area contributed by atoms with E-state index < -0.39 is 17.5 Å². The highest BCUT2D eigenvalue weighted by atomic mass is 19.4. The molecule has 0 atom stereocenters. The maximum Gasteiger partial charge on any atom is 0.454 e. The third kappa shape index (κ3) is 2.34. The second-order valence-electron chi connectivity index (χ2n) is 2.45. The second-order valence-corrected chi connectivity index (χ2v) is 2.45. The lowest BCUT2D eigenvalue weighted by Crippen LogP contribution is -2.23. The zero-order chi connectivity index (χ0) is 10.1. The van der Waals surface area contributed by atoms with E-state index in [2.05, 4.69) is 0 Å². The number of hydrogen-bond donors (Lipinski definition) is 0. The summed E-state index contributed by atoms with van der Waals surface area (Å²) in [5.74, 6) is -1.85. The molecular formula is C8H4BF3O. The summed E-state index contributed by atoms with van der Waals surface area (Å²) < 4.78 is 35.6. The largest absolute Gasteiger partial charge is 0.454 e. The standard InChI is InChI=1S/C8H4BF3O/c9-6-3-1-5(2-4-6)7(13)8(10,11)12/h1-4H. The number of carbonyl (C=O) groups excluding carboxylic acids is 1. The molecule has 0 spiro atoms. The maximum absolute atomic E-state index is 11.9. The van der Waals surface area contributed by atoms with E-state index in [1.807, 2.05) is 0 Å². The Morgan fingerprint density at radius 2 is 1.62 bits per heavy atom. The number of rotatable bonds is 1. The molecule has 0 aliphatic rings. The van der Waals surface area contributed by atoms with Crippen LogP contribution in [0, 0.1) is 0 Å². The molecule has 1 rings (SSSR count). The van der Waals surface area contributed by atoms with Crippen molar-refractivity contribution in [1.82, 2.24) is 0 Å². The first-order valence-electron chi connectivity index (χ1n) is 3.38. The van der Waals surface area contributed by atoms with E-state index in [9.17, 15) is 18.0 Å². The average Bonchev–Trinajstić information content (AvgIpc) is 2.03. The smallest absolute Gasteiger partial charge is 0.284 e. The van der Waals surface area contributed by atoms with Gasteiger partial charge in [0.2, 0.25) is 0 Å². The quantitative estimate of drug-likeness (QED) is 0.473. The summed E-state index contributed by atoms with van der Waals surface area (Å²) in [4.78, 5) is 10.6. The Hall–Kier alpha value is -1.26. The predicted molar refractivity (Wildman–Crippen MR) is 42.2 cm³/mol. The van der Waals surface area contributed by atoms with Crippen molar-refractivity contribution >= 4 is 19.1 Å². The molecule has 1 aromatic carbocycles. The molecule has 0 bridgehead atoms. The summed E-state index contributed by atoms with van der Waals surface area (Å²) in [7, 11) is 5.24. The topological polar surface area (TPSA) is 17.1 Å². The fourth-order valence-electron chi connectivity index (χ4n) is 0.798. The Labute approximate surface area is 74.0 Å². The van der Waals surface area contributed by atoms with Gasteiger partial charge in [-0.15, -0.1) is 0 Å². The van der Waals surface area contributed by atoms with Crippen molar-refractivity contribution < 1.29 is 18.0 Å². The zero-order valence-electron chi connectivity index (χ0n) is 6.43. The molecular weight excluding hydrogens is 180 g/mol. The third-order valence-electron chi connectivity index (χ3n) is 1.43. The van der Waals surface area contributed by atoms with Crippen LogP contribution in [0.25, 0.3) is 0 Å². The summed E-state index contributed by atoms with van der Waals surface area (Å²) in [5, 5.41) is 0. The van der Waals surface area contributed by atoms with Gasteiger partial charge in [0.15, 0.2) is 0 Å². The van der Waals surface area contributed by atoms with Gasteiger partial charge < -0.3 is 0 Å². The molecule has 1 aromatic rings. The first kappa shape index (κ1) is 9.83. The van der Waals surface area contributed by atoms with Crippen molar-refractivity contribution in [3.05, 3.63) is 29.8 Å². The fourth-order valence-corrected chi connectivity index (χ4v) is 0.798. The molecule has 0 N–H and O–H groups in total. The number of halogens is 3. The zero-order valence-corrected chi connectivity index (χ0v) is 6.43. The molecule has 2 radical (unpaired) electrons. The Balaban J connectivity index is 2.97. The van der Waals surface area contributed by atoms with Gasteiger partial charge in [-0.25, -0.2) is 0 Å². The first-order chi connectivity index (χ1) is 5.91. The molecule has 0 fully saturated rings. The Bertz CT molecular complexity index is 315. The van der Waals surface area contributed by atoms with Gasteiger partial charge in [-0.1, -0.05) is 29.7 Å². The summed E-state index contributed by atoms with van der Waals surface area (Å²) in [6.45, 7) is 0. The van der Waals surface area contributed by atoms with E-state index in [0.717, 1.165) is 12.1 Å². The summed E-state index contributed by atoms with van der Waals surface area (Å²) in [6, 6.07) is 4.59. The molecule has 13 heavy (non-hydrogen) atoms. The van der Waals surface area contributed by atoms with Crippen LogP contribution in [0.4, 0.5) is 13.2 Å². The van der Waals surface area contributed by atoms with Crippen molar-refractivity contribution in [2.45, 2.75) is 6.18 Å². The van der Waals surface area contributed by atoms with E-state index in [4.69, 9.17) is 7.85 Å². The van der Waals surface area contributed by atoms with Crippen LogP contribution < -0.4 is 5.46 Å². The highest BCUT2D eigenvalue weighted by Crippen LogP contribution is 2.20. The molecule has 0 saturated carbocycles. The highest BCUT2D eigenvalue weighted by molar-refractivity contribution is 6.32. The van der Waals surface area contributed by atoms with Crippen molar-refractivity contribution in [2.75, 3.05) is 0 Å². The number of ketones is 1. The minimum atomic E-state index is -4.82. The van der Waals surface area contributed by atoms with Crippen LogP contribution in [-0.2, 0) is 0 Å². The van der Waals surface area contributed by atoms with Gasteiger partial charge in [-0.05, 0) is 0 Å². The van der Waals surface area contributed by atoms with Gasteiger partial charge in [0.05, 0.1) is 0 Å². The lowest BCUT2D eigenvalue weighted by atomic mass is 9.94. The van der Waals surface area contributed by atoms with E-state index >= 15 is 0 Å². The van der Waals surface area contributed by atoms with E-state index in [1.54, 1.807) is 0 Å². The lowest BCUT2D eigenvalue weighted by Gasteiger charge is -2.04. The summed E-state index contributed by atoms with van der Waals surface area (Å²) in [5.41, 5.74) is -0.0829. The fraction of sp³-hybridized carbons (Fsp3) is 0.125. The van der Waals surface area contributed by atoms with Gasteiger partial charge in [0.25, 0.3) is 5.78 Å². The number of Topliss-reactive ketones (excluding diaryl/α,β-unsaturated/α-hetero) is 1. The Morgan fingerprint density at radius 1 is 1.15 bits per heavy atom. The molecule has 0 aliphatic carbocycles. The Morgan fingerprint density at radius 3 is 2.00 bits per heavy atom. The highest BCUT2D eigenvalue weighted by Gasteiger charge is 2.38. The molecule has 0 heterocycles. The first-order valence-corrected chi connectivity index (χ1v) is 3.38. The van der Waals surface area contributed by atoms with Crippen LogP contribution >= 0.6 is 0 Å². The normalized spacial score (nSPS) is 11.3. The van der Waals surface area contributed by atoms with E-state index in [-0.39, 0.29) is 0 Å². The van der Waals surface area contributed by atoms with Crippen LogP contribution in [0.3, 0.4) is 0 Å². The molecule has 0 unspecified atom stereocenters. The van der Waals surface area contributed by atoms with Gasteiger partial charge >= 0.3 is 6.18 Å². The number of carbonyl (C=O) groups is 1. The summed E-state index contributed by atoms with van der Waals surface area (Å²) in [6.07, 6.45) is -4.82. The molecule has 0 saturated heterocycles. The third-order valence-corrected chi connectivity index (χ3v) is 1.43. The Kier molecular flexibility index (Phi) is 2.45. The SMILES string of the molecule is [B]c1ccc(C(=O)C(F)(F)F)cc1. The van der Waals surface area contributed by atoms with Gasteiger partial charge in [-0.3, -0.25) is 4.79 Å². The van der Waals surface area contributed by atoms with Gasteiger partial charge in [0.1, 0.15) is 7.85 Å².